The van der Waals surface area contributed by atoms with E-state index >= 15 is 0 Å². The maximum Gasteiger partial charge on any atom is 0.309 e. The van der Waals surface area contributed by atoms with Crippen molar-refractivity contribution in [3.8, 4) is 0 Å². The smallest absolute Gasteiger partial charge is 0.309 e. The first-order valence-electron chi connectivity index (χ1n) is 4.97. The van der Waals surface area contributed by atoms with E-state index in [1.165, 1.54) is 0 Å². The quantitative estimate of drug-likeness (QED) is 0.817. The second kappa shape index (κ2) is 4.78. The summed E-state index contributed by atoms with van der Waals surface area (Å²) in [5, 5.41) is 8.90. The monoisotopic (exact) mass is 204 g/mol. The summed E-state index contributed by atoms with van der Waals surface area (Å²) < 4.78 is 0. The summed E-state index contributed by atoms with van der Waals surface area (Å²) in [6.07, 6.45) is 4.39. The van der Waals surface area contributed by atoms with Gasteiger partial charge in [-0.3, -0.25) is 4.79 Å². The van der Waals surface area contributed by atoms with Crippen molar-refractivity contribution in [2.45, 2.75) is 20.3 Å². The minimum atomic E-state index is -0.764. The van der Waals surface area contributed by atoms with E-state index in [1.807, 2.05) is 42.5 Å². The van der Waals surface area contributed by atoms with Crippen molar-refractivity contribution in [3.63, 3.8) is 0 Å². The number of benzene rings is 1. The standard InChI is InChI=1S/C13H16O2/c1-13(2,12(14)15)10-6-9-11-7-4-3-5-8-11/h3-9H,10H2,1-2H3,(H,14,15). The first kappa shape index (κ1) is 11.5. The van der Waals surface area contributed by atoms with Crippen LogP contribution in [0.5, 0.6) is 0 Å². The van der Waals surface area contributed by atoms with Crippen LogP contribution < -0.4 is 0 Å². The Morgan fingerprint density at radius 1 is 1.33 bits per heavy atom. The molecule has 0 radical (unpaired) electrons. The van der Waals surface area contributed by atoms with Crippen LogP contribution in [0.25, 0.3) is 6.08 Å². The number of aliphatic carboxylic acids is 1. The third-order valence-corrected chi connectivity index (χ3v) is 2.32. The Bertz CT molecular complexity index is 350. The molecule has 0 aromatic heterocycles. The van der Waals surface area contributed by atoms with E-state index in [-0.39, 0.29) is 0 Å². The molecule has 2 heteroatoms. The first-order chi connectivity index (χ1) is 7.02. The van der Waals surface area contributed by atoms with Crippen LogP contribution in [0.2, 0.25) is 0 Å². The number of hydrogen-bond acceptors (Lipinski definition) is 1. The molecule has 0 saturated carbocycles. The van der Waals surface area contributed by atoms with Crippen LogP contribution in [0.15, 0.2) is 36.4 Å². The number of carboxylic acids is 1. The third kappa shape index (κ3) is 3.58. The summed E-state index contributed by atoms with van der Waals surface area (Å²) in [7, 11) is 0. The molecule has 0 saturated heterocycles. The van der Waals surface area contributed by atoms with Crippen LogP contribution in [-0.4, -0.2) is 11.1 Å². The van der Waals surface area contributed by atoms with Crippen molar-refractivity contribution in [3.05, 3.63) is 42.0 Å². The maximum absolute atomic E-state index is 10.8. The molecule has 0 bridgehead atoms. The predicted molar refractivity (Wildman–Crippen MR) is 61.5 cm³/mol. The summed E-state index contributed by atoms with van der Waals surface area (Å²) in [6.45, 7) is 3.45. The lowest BCUT2D eigenvalue weighted by Gasteiger charge is -2.15. The molecule has 80 valence electrons. The zero-order chi connectivity index (χ0) is 11.3. The summed E-state index contributed by atoms with van der Waals surface area (Å²) >= 11 is 0. The van der Waals surface area contributed by atoms with Gasteiger partial charge in [-0.15, -0.1) is 0 Å². The molecular weight excluding hydrogens is 188 g/mol. The molecule has 1 aromatic rings. The summed E-state index contributed by atoms with van der Waals surface area (Å²) in [5.74, 6) is -0.764. The van der Waals surface area contributed by atoms with Gasteiger partial charge in [-0.1, -0.05) is 42.5 Å². The number of carbonyl (C=O) groups is 1. The Hall–Kier alpha value is -1.57. The minimum Gasteiger partial charge on any atom is -0.481 e. The van der Waals surface area contributed by atoms with Crippen LogP contribution in [0.3, 0.4) is 0 Å². The van der Waals surface area contributed by atoms with E-state index in [0.29, 0.717) is 6.42 Å². The minimum absolute atomic E-state index is 0.539. The lowest BCUT2D eigenvalue weighted by atomic mass is 9.89. The molecule has 1 N–H and O–H groups in total. The van der Waals surface area contributed by atoms with E-state index in [1.54, 1.807) is 13.8 Å². The Balaban J connectivity index is 2.58. The summed E-state index contributed by atoms with van der Waals surface area (Å²) in [5.41, 5.74) is 0.407. The molecule has 0 atom stereocenters. The molecule has 0 fully saturated rings. The van der Waals surface area contributed by atoms with Crippen molar-refractivity contribution in [1.29, 1.82) is 0 Å². The summed E-state index contributed by atoms with van der Waals surface area (Å²) in [6, 6.07) is 9.86. The highest BCUT2D eigenvalue weighted by molar-refractivity contribution is 5.74. The van der Waals surface area contributed by atoms with Gasteiger partial charge < -0.3 is 5.11 Å². The van der Waals surface area contributed by atoms with Gasteiger partial charge in [-0.25, -0.2) is 0 Å². The Morgan fingerprint density at radius 3 is 2.47 bits per heavy atom. The van der Waals surface area contributed by atoms with Gasteiger partial charge in [-0.05, 0) is 25.8 Å². The molecule has 1 aromatic carbocycles. The fraction of sp³-hybridized carbons (Fsp3) is 0.308. The molecule has 1 rings (SSSR count). The highest BCUT2D eigenvalue weighted by Crippen LogP contribution is 2.21. The number of hydrogen-bond donors (Lipinski definition) is 1. The van der Waals surface area contributed by atoms with Gasteiger partial charge in [0.05, 0.1) is 5.41 Å². The number of rotatable bonds is 4. The van der Waals surface area contributed by atoms with Gasteiger partial charge in [0, 0.05) is 0 Å². The van der Waals surface area contributed by atoms with Crippen LogP contribution >= 0.6 is 0 Å². The van der Waals surface area contributed by atoms with Crippen molar-refractivity contribution in [2.24, 2.45) is 5.41 Å². The van der Waals surface area contributed by atoms with Gasteiger partial charge in [0.2, 0.25) is 0 Å². The van der Waals surface area contributed by atoms with Gasteiger partial charge in [0.1, 0.15) is 0 Å². The Kier molecular flexibility index (Phi) is 3.67. The maximum atomic E-state index is 10.8. The second-order valence-electron chi connectivity index (χ2n) is 4.21. The zero-order valence-electron chi connectivity index (χ0n) is 9.10. The molecule has 0 aliphatic heterocycles. The molecule has 2 nitrogen and oxygen atoms in total. The van der Waals surface area contributed by atoms with Crippen molar-refractivity contribution >= 4 is 12.0 Å². The highest BCUT2D eigenvalue weighted by Gasteiger charge is 2.24. The molecule has 0 unspecified atom stereocenters. The average molecular weight is 204 g/mol. The van der Waals surface area contributed by atoms with E-state index in [2.05, 4.69) is 0 Å². The lowest BCUT2D eigenvalue weighted by molar-refractivity contribution is -0.146. The van der Waals surface area contributed by atoms with Crippen molar-refractivity contribution < 1.29 is 9.90 Å². The van der Waals surface area contributed by atoms with E-state index in [9.17, 15) is 4.79 Å². The van der Waals surface area contributed by atoms with E-state index in [0.717, 1.165) is 5.56 Å². The molecule has 0 spiro atoms. The number of allylic oxidation sites excluding steroid dienone is 1. The van der Waals surface area contributed by atoms with Crippen molar-refractivity contribution in [2.75, 3.05) is 0 Å². The Morgan fingerprint density at radius 2 is 1.93 bits per heavy atom. The summed E-state index contributed by atoms with van der Waals surface area (Å²) in [4.78, 5) is 10.8. The molecular formula is C13H16O2. The lowest BCUT2D eigenvalue weighted by Crippen LogP contribution is -2.22. The fourth-order valence-electron chi connectivity index (χ4n) is 1.14. The first-order valence-corrected chi connectivity index (χ1v) is 4.97. The number of carboxylic acid groups (broad SMARTS) is 1. The topological polar surface area (TPSA) is 37.3 Å². The largest absolute Gasteiger partial charge is 0.481 e. The Labute approximate surface area is 90.3 Å². The zero-order valence-corrected chi connectivity index (χ0v) is 9.10. The third-order valence-electron chi connectivity index (χ3n) is 2.32. The predicted octanol–water partition coefficient (Wildman–Crippen LogP) is 3.20. The van der Waals surface area contributed by atoms with Crippen LogP contribution in [0.4, 0.5) is 0 Å². The van der Waals surface area contributed by atoms with Crippen LogP contribution in [0.1, 0.15) is 25.8 Å². The van der Waals surface area contributed by atoms with Gasteiger partial charge >= 0.3 is 5.97 Å². The second-order valence-corrected chi connectivity index (χ2v) is 4.21. The van der Waals surface area contributed by atoms with Crippen LogP contribution in [-0.2, 0) is 4.79 Å². The molecule has 0 aliphatic carbocycles. The van der Waals surface area contributed by atoms with Gasteiger partial charge in [0.25, 0.3) is 0 Å². The van der Waals surface area contributed by atoms with E-state index < -0.39 is 11.4 Å². The SMILES string of the molecule is CC(C)(CC=Cc1ccccc1)C(=O)O. The van der Waals surface area contributed by atoms with Crippen molar-refractivity contribution in [1.82, 2.24) is 0 Å². The molecule has 0 amide bonds. The molecule has 0 heterocycles. The fourth-order valence-corrected chi connectivity index (χ4v) is 1.14. The van der Waals surface area contributed by atoms with Gasteiger partial charge in [-0.2, -0.15) is 0 Å². The van der Waals surface area contributed by atoms with Gasteiger partial charge in [0.15, 0.2) is 0 Å². The van der Waals surface area contributed by atoms with Crippen LogP contribution in [0, 0.1) is 5.41 Å². The average Bonchev–Trinajstić information content (AvgIpc) is 2.19. The molecule has 15 heavy (non-hydrogen) atoms. The normalized spacial score (nSPS) is 11.9. The van der Waals surface area contributed by atoms with E-state index in [4.69, 9.17) is 5.11 Å². The molecule has 0 aliphatic rings. The highest BCUT2D eigenvalue weighted by atomic mass is 16.4.